The summed E-state index contributed by atoms with van der Waals surface area (Å²) in [6.07, 6.45) is 0. The molecule has 0 spiro atoms. The lowest BCUT2D eigenvalue weighted by molar-refractivity contribution is -0.123. The molecule has 0 aliphatic heterocycles. The third-order valence-corrected chi connectivity index (χ3v) is 2.49. The third-order valence-electron chi connectivity index (χ3n) is 2.49. The van der Waals surface area contributed by atoms with E-state index in [2.05, 4.69) is 5.32 Å². The van der Waals surface area contributed by atoms with Gasteiger partial charge in [0.05, 0.1) is 0 Å². The normalized spacial score (nSPS) is 9.95. The van der Waals surface area contributed by atoms with Crippen molar-refractivity contribution in [2.75, 3.05) is 6.61 Å². The van der Waals surface area contributed by atoms with E-state index in [4.69, 9.17) is 4.74 Å². The van der Waals surface area contributed by atoms with Gasteiger partial charge in [0.25, 0.3) is 5.91 Å². The number of hydrogen-bond acceptors (Lipinski definition) is 2. The smallest absolute Gasteiger partial charge is 0.258 e. The number of nitrogens with one attached hydrogen (secondary N) is 1. The number of carbonyl (C=O) groups excluding carboxylic acids is 1. The standard InChI is InChI=1S/C15H14FNO2/c16-13-6-4-5-12(9-13)10-17-15(18)11-19-14-7-2-1-3-8-14/h1-9H,10-11H2,(H,17,18). The Balaban J connectivity index is 1.76. The summed E-state index contributed by atoms with van der Waals surface area (Å²) in [5.74, 6) is 0.0869. The van der Waals surface area contributed by atoms with Crippen molar-refractivity contribution in [3.8, 4) is 5.75 Å². The van der Waals surface area contributed by atoms with Gasteiger partial charge in [-0.1, -0.05) is 30.3 Å². The molecule has 0 aliphatic rings. The lowest BCUT2D eigenvalue weighted by Crippen LogP contribution is -2.28. The van der Waals surface area contributed by atoms with Gasteiger partial charge >= 0.3 is 0 Å². The fourth-order valence-corrected chi connectivity index (χ4v) is 1.56. The summed E-state index contributed by atoms with van der Waals surface area (Å²) in [6.45, 7) is 0.230. The molecule has 0 heterocycles. The first-order valence-corrected chi connectivity index (χ1v) is 5.93. The zero-order chi connectivity index (χ0) is 13.5. The number of carbonyl (C=O) groups is 1. The Hall–Kier alpha value is -2.36. The molecule has 0 radical (unpaired) electrons. The van der Waals surface area contributed by atoms with Crippen molar-refractivity contribution in [1.29, 1.82) is 0 Å². The Morgan fingerprint density at radius 1 is 1.11 bits per heavy atom. The van der Waals surface area contributed by atoms with Crippen LogP contribution in [0.3, 0.4) is 0 Å². The SMILES string of the molecule is O=C(COc1ccccc1)NCc1cccc(F)c1. The van der Waals surface area contributed by atoms with Gasteiger partial charge in [-0.05, 0) is 29.8 Å². The Bertz CT molecular complexity index is 543. The maximum absolute atomic E-state index is 12.9. The molecule has 0 saturated heterocycles. The van der Waals surface area contributed by atoms with Crippen LogP contribution >= 0.6 is 0 Å². The average molecular weight is 259 g/mol. The second-order valence-corrected chi connectivity index (χ2v) is 4.01. The van der Waals surface area contributed by atoms with Gasteiger partial charge in [-0.2, -0.15) is 0 Å². The van der Waals surface area contributed by atoms with Crippen LogP contribution in [0.2, 0.25) is 0 Å². The number of rotatable bonds is 5. The minimum absolute atomic E-state index is 0.0562. The van der Waals surface area contributed by atoms with Crippen molar-refractivity contribution in [3.63, 3.8) is 0 Å². The summed E-state index contributed by atoms with van der Waals surface area (Å²) in [7, 11) is 0. The van der Waals surface area contributed by atoms with Crippen LogP contribution in [0.15, 0.2) is 54.6 Å². The van der Waals surface area contributed by atoms with E-state index >= 15 is 0 Å². The number of halogens is 1. The maximum Gasteiger partial charge on any atom is 0.258 e. The molecular weight excluding hydrogens is 245 g/mol. The average Bonchev–Trinajstić information content (AvgIpc) is 2.44. The van der Waals surface area contributed by atoms with Crippen molar-refractivity contribution in [2.45, 2.75) is 6.54 Å². The number of para-hydroxylation sites is 1. The van der Waals surface area contributed by atoms with E-state index < -0.39 is 0 Å². The van der Waals surface area contributed by atoms with Crippen LogP contribution in [-0.4, -0.2) is 12.5 Å². The van der Waals surface area contributed by atoms with E-state index in [9.17, 15) is 9.18 Å². The van der Waals surface area contributed by atoms with E-state index in [1.807, 2.05) is 18.2 Å². The molecule has 3 nitrogen and oxygen atoms in total. The molecule has 19 heavy (non-hydrogen) atoms. The van der Waals surface area contributed by atoms with Gasteiger partial charge in [-0.3, -0.25) is 4.79 Å². The highest BCUT2D eigenvalue weighted by molar-refractivity contribution is 5.77. The zero-order valence-corrected chi connectivity index (χ0v) is 10.3. The first kappa shape index (κ1) is 13.1. The molecule has 1 amide bonds. The van der Waals surface area contributed by atoms with E-state index in [0.29, 0.717) is 11.3 Å². The summed E-state index contributed by atoms with van der Waals surface area (Å²) >= 11 is 0. The van der Waals surface area contributed by atoms with Crippen LogP contribution in [0.25, 0.3) is 0 Å². The highest BCUT2D eigenvalue weighted by atomic mass is 19.1. The van der Waals surface area contributed by atoms with Crippen LogP contribution in [0, 0.1) is 5.82 Å². The molecule has 0 fully saturated rings. The molecule has 0 bridgehead atoms. The Labute approximate surface area is 111 Å². The molecule has 98 valence electrons. The highest BCUT2D eigenvalue weighted by Gasteiger charge is 2.03. The van der Waals surface area contributed by atoms with Gasteiger partial charge in [0, 0.05) is 6.54 Å². The summed E-state index contributed by atoms with van der Waals surface area (Å²) in [4.78, 5) is 11.5. The highest BCUT2D eigenvalue weighted by Crippen LogP contribution is 2.07. The molecule has 0 aromatic heterocycles. The van der Waals surface area contributed by atoms with Gasteiger partial charge in [0.15, 0.2) is 6.61 Å². The topological polar surface area (TPSA) is 38.3 Å². The largest absolute Gasteiger partial charge is 0.484 e. The second-order valence-electron chi connectivity index (χ2n) is 4.01. The molecule has 1 N–H and O–H groups in total. The summed E-state index contributed by atoms with van der Waals surface area (Å²) in [5.41, 5.74) is 0.716. The minimum Gasteiger partial charge on any atom is -0.484 e. The molecule has 2 aromatic carbocycles. The monoisotopic (exact) mass is 259 g/mol. The van der Waals surface area contributed by atoms with Gasteiger partial charge in [0.1, 0.15) is 11.6 Å². The molecule has 0 aliphatic carbocycles. The van der Waals surface area contributed by atoms with Crippen LogP contribution in [-0.2, 0) is 11.3 Å². The number of hydrogen-bond donors (Lipinski definition) is 1. The van der Waals surface area contributed by atoms with Crippen molar-refractivity contribution < 1.29 is 13.9 Å². The molecule has 2 rings (SSSR count). The van der Waals surface area contributed by atoms with Crippen molar-refractivity contribution >= 4 is 5.91 Å². The summed E-state index contributed by atoms with van der Waals surface area (Å²) < 4.78 is 18.2. The number of ether oxygens (including phenoxy) is 1. The molecule has 0 unspecified atom stereocenters. The van der Waals surface area contributed by atoms with Crippen molar-refractivity contribution in [1.82, 2.24) is 5.32 Å². The van der Waals surface area contributed by atoms with E-state index in [-0.39, 0.29) is 24.9 Å². The number of benzene rings is 2. The first-order valence-electron chi connectivity index (χ1n) is 5.93. The predicted octanol–water partition coefficient (Wildman–Crippen LogP) is 2.52. The Morgan fingerprint density at radius 2 is 1.89 bits per heavy atom. The van der Waals surface area contributed by atoms with Gasteiger partial charge < -0.3 is 10.1 Å². The lowest BCUT2D eigenvalue weighted by atomic mass is 10.2. The molecular formula is C15H14FNO2. The van der Waals surface area contributed by atoms with E-state index in [1.54, 1.807) is 24.3 Å². The van der Waals surface area contributed by atoms with Crippen molar-refractivity contribution in [2.24, 2.45) is 0 Å². The van der Waals surface area contributed by atoms with Crippen LogP contribution in [0.5, 0.6) is 5.75 Å². The Kier molecular flexibility index (Phi) is 4.50. The first-order chi connectivity index (χ1) is 9.24. The molecule has 0 saturated carbocycles. The van der Waals surface area contributed by atoms with Crippen LogP contribution < -0.4 is 10.1 Å². The molecule has 2 aromatic rings. The molecule has 0 atom stereocenters. The predicted molar refractivity (Wildman–Crippen MR) is 70.2 cm³/mol. The Morgan fingerprint density at radius 3 is 2.63 bits per heavy atom. The summed E-state index contributed by atoms with van der Waals surface area (Å²) in [5, 5.41) is 2.67. The van der Waals surface area contributed by atoms with Crippen LogP contribution in [0.4, 0.5) is 4.39 Å². The maximum atomic E-state index is 12.9. The van der Waals surface area contributed by atoms with Crippen molar-refractivity contribution in [3.05, 3.63) is 66.0 Å². The zero-order valence-electron chi connectivity index (χ0n) is 10.3. The lowest BCUT2D eigenvalue weighted by Gasteiger charge is -2.07. The summed E-state index contributed by atoms with van der Waals surface area (Å²) in [6, 6.07) is 15.2. The third kappa shape index (κ3) is 4.43. The van der Waals surface area contributed by atoms with E-state index in [1.165, 1.54) is 12.1 Å². The van der Waals surface area contributed by atoms with Gasteiger partial charge in [0.2, 0.25) is 0 Å². The fraction of sp³-hybridized carbons (Fsp3) is 0.133. The molecule has 4 heteroatoms. The van der Waals surface area contributed by atoms with Gasteiger partial charge in [-0.25, -0.2) is 4.39 Å². The fourth-order valence-electron chi connectivity index (χ4n) is 1.56. The van der Waals surface area contributed by atoms with Gasteiger partial charge in [-0.15, -0.1) is 0 Å². The second kappa shape index (κ2) is 6.54. The van der Waals surface area contributed by atoms with Crippen LogP contribution in [0.1, 0.15) is 5.56 Å². The quantitative estimate of drug-likeness (QED) is 0.896. The minimum atomic E-state index is -0.313. The number of amides is 1. The van der Waals surface area contributed by atoms with E-state index in [0.717, 1.165) is 0 Å².